The molecule has 1 unspecified atom stereocenters. The summed E-state index contributed by atoms with van der Waals surface area (Å²) in [6.07, 6.45) is 7.99. The Bertz CT molecular complexity index is 632. The summed E-state index contributed by atoms with van der Waals surface area (Å²) in [6.45, 7) is 6.63. The molecule has 4 nitrogen and oxygen atoms in total. The first-order valence-electron chi connectivity index (χ1n) is 8.62. The average Bonchev–Trinajstić information content (AvgIpc) is 2.86. The van der Waals surface area contributed by atoms with Crippen molar-refractivity contribution < 1.29 is 0 Å². The molecule has 1 aliphatic carbocycles. The molecule has 0 amide bonds. The van der Waals surface area contributed by atoms with Crippen molar-refractivity contribution >= 4 is 23.7 Å². The van der Waals surface area contributed by atoms with E-state index >= 15 is 0 Å². The van der Waals surface area contributed by atoms with Crippen LogP contribution in [0.25, 0.3) is 0 Å². The lowest BCUT2D eigenvalue weighted by Crippen LogP contribution is -2.36. The van der Waals surface area contributed by atoms with Gasteiger partial charge in [-0.25, -0.2) is 4.98 Å². The predicted octanol–water partition coefficient (Wildman–Crippen LogP) is 3.36. The number of hydrogen-bond donors (Lipinski definition) is 1. The van der Waals surface area contributed by atoms with Gasteiger partial charge in [0.2, 0.25) is 0 Å². The van der Waals surface area contributed by atoms with E-state index in [2.05, 4.69) is 51.4 Å². The topological polar surface area (TPSA) is 33.1 Å². The number of aromatic nitrogens is 2. The molecule has 24 heavy (non-hydrogen) atoms. The van der Waals surface area contributed by atoms with Gasteiger partial charge in [-0.05, 0) is 61.7 Å². The highest BCUT2D eigenvalue weighted by atomic mass is 35.5. The van der Waals surface area contributed by atoms with E-state index in [9.17, 15) is 0 Å². The van der Waals surface area contributed by atoms with Crippen molar-refractivity contribution in [2.45, 2.75) is 45.3 Å². The number of halogens is 1. The summed E-state index contributed by atoms with van der Waals surface area (Å²) in [5, 5.41) is 5.74. The van der Waals surface area contributed by atoms with E-state index in [0.29, 0.717) is 5.41 Å². The summed E-state index contributed by atoms with van der Waals surface area (Å²) in [7, 11) is 2.10. The van der Waals surface area contributed by atoms with Gasteiger partial charge in [-0.3, -0.25) is 4.90 Å². The molecule has 0 radical (unpaired) electrons. The zero-order valence-electron chi connectivity index (χ0n) is 14.5. The molecule has 0 bridgehead atoms. The second-order valence-electron chi connectivity index (χ2n) is 7.22. The van der Waals surface area contributed by atoms with Gasteiger partial charge in [0, 0.05) is 36.9 Å². The summed E-state index contributed by atoms with van der Waals surface area (Å²) in [5.41, 5.74) is 2.00. The zero-order chi connectivity index (χ0) is 15.9. The van der Waals surface area contributed by atoms with E-state index in [0.717, 1.165) is 19.1 Å². The summed E-state index contributed by atoms with van der Waals surface area (Å²) in [5.74, 6) is 1.18. The maximum absolute atomic E-state index is 4.56. The SMILES string of the molecule is Cc1ccsc1CN(Cc1nccn1C)C1CC12CCNCC2.Cl. The molecule has 0 aromatic carbocycles. The Kier molecular flexibility index (Phi) is 5.35. The van der Waals surface area contributed by atoms with Crippen molar-refractivity contribution in [3.8, 4) is 0 Å². The normalized spacial score (nSPS) is 21.9. The molecule has 1 spiro atoms. The third-order valence-electron chi connectivity index (χ3n) is 5.77. The van der Waals surface area contributed by atoms with Crippen molar-refractivity contribution in [1.29, 1.82) is 0 Å². The van der Waals surface area contributed by atoms with E-state index < -0.39 is 0 Å². The lowest BCUT2D eigenvalue weighted by atomic mass is 9.93. The Morgan fingerprint density at radius 2 is 2.17 bits per heavy atom. The van der Waals surface area contributed by atoms with Gasteiger partial charge in [-0.1, -0.05) is 0 Å². The monoisotopic (exact) mass is 366 g/mol. The van der Waals surface area contributed by atoms with Crippen LogP contribution in [0.1, 0.15) is 35.5 Å². The minimum absolute atomic E-state index is 0. The summed E-state index contributed by atoms with van der Waals surface area (Å²) >= 11 is 1.89. The lowest BCUT2D eigenvalue weighted by molar-refractivity contribution is 0.184. The number of hydrogen-bond acceptors (Lipinski definition) is 4. The Morgan fingerprint density at radius 3 is 2.79 bits per heavy atom. The fraction of sp³-hybridized carbons (Fsp3) is 0.611. The van der Waals surface area contributed by atoms with Gasteiger partial charge in [0.1, 0.15) is 5.82 Å². The summed E-state index contributed by atoms with van der Waals surface area (Å²) in [6, 6.07) is 2.97. The Morgan fingerprint density at radius 1 is 1.38 bits per heavy atom. The van der Waals surface area contributed by atoms with Crippen LogP contribution in [0.2, 0.25) is 0 Å². The largest absolute Gasteiger partial charge is 0.337 e. The van der Waals surface area contributed by atoms with E-state index in [4.69, 9.17) is 0 Å². The summed E-state index contributed by atoms with van der Waals surface area (Å²) in [4.78, 5) is 8.76. The Labute approximate surface area is 154 Å². The van der Waals surface area contributed by atoms with Gasteiger partial charge >= 0.3 is 0 Å². The lowest BCUT2D eigenvalue weighted by Gasteiger charge is -2.29. The summed E-state index contributed by atoms with van der Waals surface area (Å²) < 4.78 is 2.16. The molecule has 1 N–H and O–H groups in total. The average molecular weight is 367 g/mol. The third-order valence-corrected chi connectivity index (χ3v) is 6.77. The van der Waals surface area contributed by atoms with Crippen LogP contribution in [-0.2, 0) is 20.1 Å². The fourth-order valence-electron chi connectivity index (χ4n) is 4.06. The van der Waals surface area contributed by atoms with Gasteiger partial charge in [0.05, 0.1) is 6.54 Å². The molecule has 132 valence electrons. The number of nitrogens with one attached hydrogen (secondary N) is 1. The molecule has 2 aromatic rings. The molecule has 1 saturated carbocycles. The molecule has 2 fully saturated rings. The zero-order valence-corrected chi connectivity index (χ0v) is 16.1. The second-order valence-corrected chi connectivity index (χ2v) is 8.22. The van der Waals surface area contributed by atoms with E-state index in [1.807, 2.05) is 17.5 Å². The molecule has 1 aliphatic heterocycles. The maximum atomic E-state index is 4.56. The van der Waals surface area contributed by atoms with Crippen molar-refractivity contribution in [3.63, 3.8) is 0 Å². The van der Waals surface area contributed by atoms with Crippen LogP contribution in [0.3, 0.4) is 0 Å². The molecule has 3 heterocycles. The van der Waals surface area contributed by atoms with Gasteiger partial charge in [0.15, 0.2) is 0 Å². The number of rotatable bonds is 5. The van der Waals surface area contributed by atoms with Gasteiger partial charge in [-0.2, -0.15) is 0 Å². The number of piperidine rings is 1. The smallest absolute Gasteiger partial charge is 0.122 e. The maximum Gasteiger partial charge on any atom is 0.122 e. The molecule has 6 heteroatoms. The van der Waals surface area contributed by atoms with Gasteiger partial charge < -0.3 is 9.88 Å². The van der Waals surface area contributed by atoms with Gasteiger partial charge in [-0.15, -0.1) is 23.7 Å². The Balaban J connectivity index is 0.00000169. The highest BCUT2D eigenvalue weighted by molar-refractivity contribution is 7.10. The number of aryl methyl sites for hydroxylation is 2. The first-order chi connectivity index (χ1) is 11.2. The van der Waals surface area contributed by atoms with Crippen LogP contribution in [0.5, 0.6) is 0 Å². The van der Waals surface area contributed by atoms with Crippen molar-refractivity contribution in [2.24, 2.45) is 12.5 Å². The molecular formula is C18H27ClN4S. The molecule has 2 aromatic heterocycles. The van der Waals surface area contributed by atoms with Crippen LogP contribution in [0, 0.1) is 12.3 Å². The van der Waals surface area contributed by atoms with Gasteiger partial charge in [0.25, 0.3) is 0 Å². The predicted molar refractivity (Wildman–Crippen MR) is 102 cm³/mol. The number of thiophene rings is 1. The quantitative estimate of drug-likeness (QED) is 0.880. The minimum atomic E-state index is 0. The van der Waals surface area contributed by atoms with Crippen LogP contribution in [0.4, 0.5) is 0 Å². The molecule has 1 atom stereocenters. The number of nitrogens with zero attached hydrogens (tertiary/aromatic N) is 3. The number of imidazole rings is 1. The highest BCUT2D eigenvalue weighted by Gasteiger charge is 2.56. The molecule has 1 saturated heterocycles. The third kappa shape index (κ3) is 3.40. The van der Waals surface area contributed by atoms with Crippen LogP contribution < -0.4 is 5.32 Å². The second kappa shape index (κ2) is 7.16. The fourth-order valence-corrected chi connectivity index (χ4v) is 4.99. The minimum Gasteiger partial charge on any atom is -0.337 e. The van der Waals surface area contributed by atoms with Crippen molar-refractivity contribution in [3.05, 3.63) is 40.1 Å². The van der Waals surface area contributed by atoms with E-state index in [1.165, 1.54) is 48.6 Å². The van der Waals surface area contributed by atoms with Crippen LogP contribution >= 0.6 is 23.7 Å². The van der Waals surface area contributed by atoms with Crippen molar-refractivity contribution in [2.75, 3.05) is 13.1 Å². The van der Waals surface area contributed by atoms with Crippen LogP contribution in [-0.4, -0.2) is 33.6 Å². The Hall–Kier alpha value is -0.880. The molecule has 2 aliphatic rings. The standard InChI is InChI=1S/C18H26N4S.ClH/c1-14-3-10-23-15(14)12-22(13-17-20-8-9-21(17)2)16-11-18(16)4-6-19-7-5-18;/h3,8-10,16,19H,4-7,11-13H2,1-2H3;1H. The highest BCUT2D eigenvalue weighted by Crippen LogP contribution is 2.56. The van der Waals surface area contributed by atoms with E-state index in [1.54, 1.807) is 0 Å². The first-order valence-corrected chi connectivity index (χ1v) is 9.50. The first kappa shape index (κ1) is 17.9. The molecule has 4 rings (SSSR count). The van der Waals surface area contributed by atoms with Crippen molar-refractivity contribution in [1.82, 2.24) is 19.8 Å². The molecular weight excluding hydrogens is 340 g/mol. The van der Waals surface area contributed by atoms with E-state index in [-0.39, 0.29) is 12.4 Å². The van der Waals surface area contributed by atoms with Crippen LogP contribution in [0.15, 0.2) is 23.8 Å².